The molecular weight excluding hydrogens is 252 g/mol. The van der Waals surface area contributed by atoms with Crippen LogP contribution in [0.25, 0.3) is 0 Å². The van der Waals surface area contributed by atoms with Gasteiger partial charge in [-0.1, -0.05) is 6.07 Å². The van der Waals surface area contributed by atoms with Gasteiger partial charge in [-0.2, -0.15) is 0 Å². The van der Waals surface area contributed by atoms with Gasteiger partial charge in [0.05, 0.1) is 0 Å². The van der Waals surface area contributed by atoms with E-state index in [1.165, 1.54) is 37.9 Å². The second kappa shape index (κ2) is 5.26. The first kappa shape index (κ1) is 12.5. The summed E-state index contributed by atoms with van der Waals surface area (Å²) >= 11 is 0. The van der Waals surface area contributed by atoms with Crippen molar-refractivity contribution in [1.29, 1.82) is 0 Å². The minimum absolute atomic E-state index is 0.656. The summed E-state index contributed by atoms with van der Waals surface area (Å²) in [7, 11) is 0. The molecule has 2 fully saturated rings. The summed E-state index contributed by atoms with van der Waals surface area (Å²) in [5.41, 5.74) is 1.28. The van der Waals surface area contributed by atoms with Crippen molar-refractivity contribution in [3.05, 3.63) is 23.8 Å². The normalized spacial score (nSPS) is 28.6. The van der Waals surface area contributed by atoms with Crippen molar-refractivity contribution in [3.63, 3.8) is 0 Å². The molecule has 3 aliphatic heterocycles. The van der Waals surface area contributed by atoms with Gasteiger partial charge < -0.3 is 14.8 Å². The highest BCUT2D eigenvalue weighted by Gasteiger charge is 2.36. The van der Waals surface area contributed by atoms with Gasteiger partial charge >= 0.3 is 0 Å². The molecule has 1 aromatic carbocycles. The molecule has 108 valence electrons. The lowest BCUT2D eigenvalue weighted by molar-refractivity contribution is 0.171. The van der Waals surface area contributed by atoms with E-state index in [2.05, 4.69) is 22.3 Å². The lowest BCUT2D eigenvalue weighted by Gasteiger charge is -2.22. The Morgan fingerprint density at radius 3 is 2.95 bits per heavy atom. The van der Waals surface area contributed by atoms with E-state index in [0.29, 0.717) is 19.3 Å². The molecule has 0 aromatic heterocycles. The van der Waals surface area contributed by atoms with Crippen LogP contribution in [0.2, 0.25) is 0 Å². The molecule has 2 saturated heterocycles. The van der Waals surface area contributed by atoms with Gasteiger partial charge in [0.15, 0.2) is 11.5 Å². The molecule has 0 radical (unpaired) electrons. The molecule has 1 N–H and O–H groups in total. The Hall–Kier alpha value is -1.26. The zero-order valence-corrected chi connectivity index (χ0v) is 11.8. The topological polar surface area (TPSA) is 33.7 Å². The third kappa shape index (κ3) is 2.27. The Labute approximate surface area is 120 Å². The number of hydrogen-bond acceptors (Lipinski definition) is 4. The van der Waals surface area contributed by atoms with Gasteiger partial charge in [0.25, 0.3) is 0 Å². The van der Waals surface area contributed by atoms with E-state index in [1.54, 1.807) is 0 Å². The second-order valence-corrected chi connectivity index (χ2v) is 6.00. The molecule has 1 aromatic rings. The number of rotatable bonds is 3. The number of hydrogen-bond donors (Lipinski definition) is 1. The van der Waals surface area contributed by atoms with Crippen LogP contribution < -0.4 is 14.8 Å². The third-order valence-corrected chi connectivity index (χ3v) is 4.78. The third-order valence-electron chi connectivity index (χ3n) is 4.78. The Balaban J connectivity index is 1.39. The summed E-state index contributed by atoms with van der Waals surface area (Å²) in [5, 5.41) is 3.74. The highest BCUT2D eigenvalue weighted by Crippen LogP contribution is 2.31. The molecule has 0 amide bonds. The van der Waals surface area contributed by atoms with Crippen LogP contribution in [0.5, 0.6) is 11.5 Å². The zero-order chi connectivity index (χ0) is 13.4. The molecule has 0 spiro atoms. The average molecular weight is 274 g/mol. The van der Waals surface area contributed by atoms with Crippen LogP contribution in [0.4, 0.5) is 0 Å². The van der Waals surface area contributed by atoms with Crippen molar-refractivity contribution >= 4 is 0 Å². The predicted molar refractivity (Wildman–Crippen MR) is 77.3 cm³/mol. The van der Waals surface area contributed by atoms with E-state index in [1.807, 2.05) is 6.07 Å². The molecule has 3 heterocycles. The Kier molecular flexibility index (Phi) is 3.28. The van der Waals surface area contributed by atoms with Gasteiger partial charge in [0.2, 0.25) is 0 Å². The second-order valence-electron chi connectivity index (χ2n) is 6.00. The molecule has 0 saturated carbocycles. The maximum atomic E-state index is 5.64. The van der Waals surface area contributed by atoms with Gasteiger partial charge in [0, 0.05) is 25.2 Å². The van der Waals surface area contributed by atoms with Crippen molar-refractivity contribution in [2.75, 3.05) is 26.3 Å². The molecule has 20 heavy (non-hydrogen) atoms. The van der Waals surface area contributed by atoms with E-state index < -0.39 is 0 Å². The number of fused-ring (bicyclic) bond motifs is 2. The smallest absolute Gasteiger partial charge is 0.161 e. The molecule has 4 rings (SSSR count). The highest BCUT2D eigenvalue weighted by atomic mass is 16.6. The Morgan fingerprint density at radius 2 is 2.00 bits per heavy atom. The number of nitrogens with one attached hydrogen (secondary N) is 1. The predicted octanol–water partition coefficient (Wildman–Crippen LogP) is 1.78. The number of benzene rings is 1. The van der Waals surface area contributed by atoms with Crippen LogP contribution in [0, 0.1) is 0 Å². The largest absolute Gasteiger partial charge is 0.486 e. The number of ether oxygens (including phenoxy) is 2. The summed E-state index contributed by atoms with van der Waals surface area (Å²) in [5.74, 6) is 1.77. The van der Waals surface area contributed by atoms with E-state index >= 15 is 0 Å². The lowest BCUT2D eigenvalue weighted by atomic mass is 10.1. The molecule has 0 bridgehead atoms. The van der Waals surface area contributed by atoms with E-state index in [0.717, 1.165) is 24.1 Å². The van der Waals surface area contributed by atoms with Crippen molar-refractivity contribution in [2.24, 2.45) is 0 Å². The fraction of sp³-hybridized carbons (Fsp3) is 0.625. The first-order valence-corrected chi connectivity index (χ1v) is 7.76. The fourth-order valence-corrected chi connectivity index (χ4v) is 3.77. The average Bonchev–Trinajstić information content (AvgIpc) is 3.08. The van der Waals surface area contributed by atoms with Gasteiger partial charge in [0.1, 0.15) is 13.2 Å². The minimum atomic E-state index is 0.656. The molecular formula is C16H22N2O2. The van der Waals surface area contributed by atoms with Gasteiger partial charge in [-0.05, 0) is 43.5 Å². The van der Waals surface area contributed by atoms with Crippen LogP contribution in [0.1, 0.15) is 24.8 Å². The monoisotopic (exact) mass is 274 g/mol. The van der Waals surface area contributed by atoms with Crippen molar-refractivity contribution in [1.82, 2.24) is 10.2 Å². The molecule has 0 aliphatic carbocycles. The van der Waals surface area contributed by atoms with E-state index in [9.17, 15) is 0 Å². The lowest BCUT2D eigenvalue weighted by Crippen LogP contribution is -2.38. The minimum Gasteiger partial charge on any atom is -0.486 e. The van der Waals surface area contributed by atoms with Crippen molar-refractivity contribution in [2.45, 2.75) is 37.9 Å². The quantitative estimate of drug-likeness (QED) is 0.911. The molecule has 4 nitrogen and oxygen atoms in total. The zero-order valence-electron chi connectivity index (χ0n) is 11.8. The van der Waals surface area contributed by atoms with Crippen molar-refractivity contribution < 1.29 is 9.47 Å². The van der Waals surface area contributed by atoms with Crippen LogP contribution >= 0.6 is 0 Å². The first-order valence-electron chi connectivity index (χ1n) is 7.76. The van der Waals surface area contributed by atoms with Gasteiger partial charge in [-0.3, -0.25) is 4.90 Å². The standard InChI is InChI=1S/C16H22N2O2/c1-2-14-13(5-7-18(14)6-1)17-11-12-3-4-15-16(10-12)20-9-8-19-15/h3-4,10,13-14,17H,1-2,5-9,11H2. The summed E-state index contributed by atoms with van der Waals surface area (Å²) in [6, 6.07) is 7.71. The molecule has 3 aliphatic rings. The Bertz CT molecular complexity index is 491. The molecule has 2 atom stereocenters. The summed E-state index contributed by atoms with van der Waals surface area (Å²) in [4.78, 5) is 2.64. The summed E-state index contributed by atoms with van der Waals surface area (Å²) < 4.78 is 11.2. The van der Waals surface area contributed by atoms with E-state index in [4.69, 9.17) is 9.47 Å². The maximum absolute atomic E-state index is 5.64. The SMILES string of the molecule is c1cc2c(cc1CNC1CCN3CCCC13)OCCO2. The molecule has 4 heteroatoms. The summed E-state index contributed by atoms with van der Waals surface area (Å²) in [6.45, 7) is 4.80. The highest BCUT2D eigenvalue weighted by molar-refractivity contribution is 5.43. The maximum Gasteiger partial charge on any atom is 0.161 e. The van der Waals surface area contributed by atoms with Crippen LogP contribution in [-0.2, 0) is 6.54 Å². The molecule has 2 unspecified atom stereocenters. The summed E-state index contributed by atoms with van der Waals surface area (Å²) in [6.07, 6.45) is 4.01. The van der Waals surface area contributed by atoms with Crippen LogP contribution in [0.15, 0.2) is 18.2 Å². The van der Waals surface area contributed by atoms with E-state index in [-0.39, 0.29) is 0 Å². The fourth-order valence-electron chi connectivity index (χ4n) is 3.77. The first-order chi connectivity index (χ1) is 9.90. The van der Waals surface area contributed by atoms with Crippen LogP contribution in [0.3, 0.4) is 0 Å². The van der Waals surface area contributed by atoms with Crippen molar-refractivity contribution in [3.8, 4) is 11.5 Å². The van der Waals surface area contributed by atoms with Crippen LogP contribution in [-0.4, -0.2) is 43.3 Å². The van der Waals surface area contributed by atoms with Gasteiger partial charge in [-0.15, -0.1) is 0 Å². The number of nitrogens with zero attached hydrogens (tertiary/aromatic N) is 1. The van der Waals surface area contributed by atoms with Gasteiger partial charge in [-0.25, -0.2) is 0 Å². The Morgan fingerprint density at radius 1 is 1.10 bits per heavy atom.